The molecule has 4 aliphatic rings. The highest BCUT2D eigenvalue weighted by Gasteiger charge is 2.29. The summed E-state index contributed by atoms with van der Waals surface area (Å²) in [5.41, 5.74) is 12.9. The van der Waals surface area contributed by atoms with Crippen molar-refractivity contribution in [3.8, 4) is 0 Å². The van der Waals surface area contributed by atoms with Crippen molar-refractivity contribution in [2.24, 2.45) is 10.9 Å². The summed E-state index contributed by atoms with van der Waals surface area (Å²) in [5.74, 6) is 2.37. The van der Waals surface area contributed by atoms with Gasteiger partial charge >= 0.3 is 0 Å². The molecule has 2 aromatic rings. The summed E-state index contributed by atoms with van der Waals surface area (Å²) >= 11 is 0. The van der Waals surface area contributed by atoms with Crippen molar-refractivity contribution in [3.05, 3.63) is 77.6 Å². The van der Waals surface area contributed by atoms with Gasteiger partial charge < -0.3 is 10.8 Å². The molecular weight excluding hydrogens is 422 g/mol. The molecule has 1 saturated carbocycles. The van der Waals surface area contributed by atoms with E-state index < -0.39 is 0 Å². The van der Waals surface area contributed by atoms with Crippen LogP contribution in [0.3, 0.4) is 0 Å². The van der Waals surface area contributed by atoms with Crippen LogP contribution in [0, 0.1) is 5.92 Å². The summed E-state index contributed by atoms with van der Waals surface area (Å²) in [5, 5.41) is 9.55. The Bertz CT molecular complexity index is 1300. The van der Waals surface area contributed by atoms with Crippen molar-refractivity contribution in [1.29, 1.82) is 0 Å². The number of allylic oxidation sites excluding steroid dienone is 7. The van der Waals surface area contributed by atoms with E-state index >= 15 is 0 Å². The monoisotopic (exact) mass is 453 g/mol. The van der Waals surface area contributed by atoms with Crippen LogP contribution in [0.5, 0.6) is 0 Å². The van der Waals surface area contributed by atoms with Gasteiger partial charge in [0, 0.05) is 31.3 Å². The zero-order valence-corrected chi connectivity index (χ0v) is 19.4. The molecule has 3 aliphatic carbocycles. The SMILES string of the molecule is Nc1nccn2c(C3CCC(CO)CC3)nc(C3=CC=C4C=CC(C5=CCCC=C5)=NC4C3)c12. The number of nitrogen functional groups attached to an aromatic ring is 1. The molecule has 0 amide bonds. The number of aromatic nitrogens is 3. The second-order valence-electron chi connectivity index (χ2n) is 9.82. The number of aliphatic imine (C=N–C) groups is 1. The molecule has 1 fully saturated rings. The van der Waals surface area contributed by atoms with E-state index in [9.17, 15) is 5.11 Å². The lowest BCUT2D eigenvalue weighted by molar-refractivity contribution is 0.181. The van der Waals surface area contributed by atoms with E-state index in [2.05, 4.69) is 51.9 Å². The Morgan fingerprint density at radius 1 is 1.06 bits per heavy atom. The lowest BCUT2D eigenvalue weighted by Gasteiger charge is -2.26. The number of nitrogens with zero attached hydrogens (tertiary/aromatic N) is 4. The van der Waals surface area contributed by atoms with Gasteiger partial charge in [0.1, 0.15) is 17.2 Å². The highest BCUT2D eigenvalue weighted by Crippen LogP contribution is 2.39. The van der Waals surface area contributed by atoms with Crippen LogP contribution < -0.4 is 5.73 Å². The molecule has 34 heavy (non-hydrogen) atoms. The molecule has 1 aliphatic heterocycles. The second-order valence-corrected chi connectivity index (χ2v) is 9.82. The van der Waals surface area contributed by atoms with E-state index in [4.69, 9.17) is 15.7 Å². The van der Waals surface area contributed by atoms with Crippen LogP contribution in [0.2, 0.25) is 0 Å². The maximum absolute atomic E-state index is 9.55. The Morgan fingerprint density at radius 2 is 1.94 bits per heavy atom. The van der Waals surface area contributed by atoms with Gasteiger partial charge in [-0.25, -0.2) is 9.97 Å². The van der Waals surface area contributed by atoms with Gasteiger partial charge in [-0.2, -0.15) is 0 Å². The molecule has 174 valence electrons. The average Bonchev–Trinajstić information content (AvgIpc) is 3.30. The van der Waals surface area contributed by atoms with Crippen molar-refractivity contribution < 1.29 is 5.11 Å². The number of anilines is 1. The number of aliphatic hydroxyl groups is 1. The van der Waals surface area contributed by atoms with Gasteiger partial charge in [0.15, 0.2) is 0 Å². The third-order valence-electron chi connectivity index (χ3n) is 7.68. The molecule has 6 nitrogen and oxygen atoms in total. The summed E-state index contributed by atoms with van der Waals surface area (Å²) in [6.07, 6.45) is 26.3. The van der Waals surface area contributed by atoms with E-state index in [1.807, 2.05) is 6.20 Å². The third-order valence-corrected chi connectivity index (χ3v) is 7.68. The molecule has 1 unspecified atom stereocenters. The standard InChI is InChI=1S/C28H31N5O/c29-27-26-25(32-28(33(26)15-14-30-27)21-8-6-18(17-34)7-9-21)22-11-10-20-12-13-23(31-24(20)16-22)19-4-2-1-3-5-19/h2,4-5,10-15,18,21,24,34H,1,3,6-9,16-17H2,(H2,29,30). The quantitative estimate of drug-likeness (QED) is 0.686. The molecular formula is C28H31N5O. The maximum Gasteiger partial charge on any atom is 0.150 e. The molecule has 3 heterocycles. The van der Waals surface area contributed by atoms with Gasteiger partial charge in [-0.05, 0) is 67.2 Å². The fourth-order valence-corrected chi connectivity index (χ4v) is 5.73. The average molecular weight is 454 g/mol. The molecule has 6 heteroatoms. The minimum absolute atomic E-state index is 0.0920. The van der Waals surface area contributed by atoms with E-state index in [0.29, 0.717) is 17.7 Å². The number of imidazole rings is 1. The van der Waals surface area contributed by atoms with Crippen molar-refractivity contribution in [3.63, 3.8) is 0 Å². The lowest BCUT2D eigenvalue weighted by atomic mass is 9.82. The first-order valence-electron chi connectivity index (χ1n) is 12.5. The minimum atomic E-state index is 0.0920. The zero-order valence-electron chi connectivity index (χ0n) is 19.4. The minimum Gasteiger partial charge on any atom is -0.396 e. The molecule has 1 atom stereocenters. The Hall–Kier alpha value is -3.25. The predicted molar refractivity (Wildman–Crippen MR) is 137 cm³/mol. The van der Waals surface area contributed by atoms with Gasteiger partial charge in [-0.3, -0.25) is 9.39 Å². The molecule has 0 aromatic carbocycles. The molecule has 3 N–H and O–H groups in total. The molecule has 0 radical (unpaired) electrons. The smallest absolute Gasteiger partial charge is 0.150 e. The van der Waals surface area contributed by atoms with Crippen molar-refractivity contribution >= 4 is 22.6 Å². The molecule has 6 rings (SSSR count). The summed E-state index contributed by atoms with van der Waals surface area (Å²) < 4.78 is 2.15. The van der Waals surface area contributed by atoms with E-state index in [0.717, 1.165) is 73.3 Å². The summed E-state index contributed by atoms with van der Waals surface area (Å²) in [7, 11) is 0. The van der Waals surface area contributed by atoms with E-state index in [-0.39, 0.29) is 12.6 Å². The summed E-state index contributed by atoms with van der Waals surface area (Å²) in [4.78, 5) is 14.7. The number of rotatable bonds is 4. The van der Waals surface area contributed by atoms with E-state index in [1.165, 1.54) is 11.1 Å². The van der Waals surface area contributed by atoms with Crippen LogP contribution >= 0.6 is 0 Å². The third kappa shape index (κ3) is 3.76. The van der Waals surface area contributed by atoms with Crippen LogP contribution in [0.4, 0.5) is 5.82 Å². The number of aliphatic hydroxyl groups excluding tert-OH is 1. The van der Waals surface area contributed by atoms with Gasteiger partial charge in [0.05, 0.1) is 17.4 Å². The van der Waals surface area contributed by atoms with Gasteiger partial charge in [0.25, 0.3) is 0 Å². The van der Waals surface area contributed by atoms with Gasteiger partial charge in [-0.15, -0.1) is 0 Å². The van der Waals surface area contributed by atoms with Gasteiger partial charge in [-0.1, -0.05) is 36.5 Å². The van der Waals surface area contributed by atoms with Crippen LogP contribution in [-0.2, 0) is 0 Å². The predicted octanol–water partition coefficient (Wildman–Crippen LogP) is 4.95. The zero-order chi connectivity index (χ0) is 23.1. The largest absolute Gasteiger partial charge is 0.396 e. The topological polar surface area (TPSA) is 88.8 Å². The number of hydrogen-bond acceptors (Lipinski definition) is 5. The van der Waals surface area contributed by atoms with Crippen LogP contribution in [0.25, 0.3) is 11.1 Å². The highest BCUT2D eigenvalue weighted by atomic mass is 16.3. The first-order chi connectivity index (χ1) is 16.7. The van der Waals surface area contributed by atoms with Crippen LogP contribution in [0.1, 0.15) is 62.4 Å². The van der Waals surface area contributed by atoms with Crippen LogP contribution in [-0.4, -0.2) is 37.8 Å². The maximum atomic E-state index is 9.55. The van der Waals surface area contributed by atoms with Crippen molar-refractivity contribution in [2.75, 3.05) is 12.3 Å². The molecule has 2 aromatic heterocycles. The Balaban J connectivity index is 1.35. The summed E-state index contributed by atoms with van der Waals surface area (Å²) in [6, 6.07) is 0.0920. The normalized spacial score (nSPS) is 26.6. The number of hydrogen-bond donors (Lipinski definition) is 2. The Labute approximate surface area is 200 Å². The molecule has 0 bridgehead atoms. The summed E-state index contributed by atoms with van der Waals surface area (Å²) in [6.45, 7) is 0.282. The molecule has 0 spiro atoms. The Kier molecular flexibility index (Phi) is 5.53. The fourth-order valence-electron chi connectivity index (χ4n) is 5.73. The van der Waals surface area contributed by atoms with Crippen molar-refractivity contribution in [2.45, 2.75) is 56.9 Å². The lowest BCUT2D eigenvalue weighted by Crippen LogP contribution is -2.18. The molecule has 0 saturated heterocycles. The first-order valence-corrected chi connectivity index (χ1v) is 12.5. The van der Waals surface area contributed by atoms with Crippen LogP contribution in [0.15, 0.2) is 71.1 Å². The van der Waals surface area contributed by atoms with Gasteiger partial charge in [0.2, 0.25) is 0 Å². The Morgan fingerprint density at radius 3 is 2.74 bits per heavy atom. The van der Waals surface area contributed by atoms with E-state index in [1.54, 1.807) is 6.20 Å². The number of fused-ring (bicyclic) bond motifs is 2. The number of dihydropyridines is 1. The second kappa shape index (κ2) is 8.84. The fraction of sp³-hybridized carbons (Fsp3) is 0.393. The first kappa shape index (κ1) is 21.3. The van der Waals surface area contributed by atoms with Crippen molar-refractivity contribution in [1.82, 2.24) is 14.4 Å². The number of nitrogens with two attached hydrogens (primary N) is 1. The highest BCUT2D eigenvalue weighted by molar-refractivity contribution is 6.11.